The summed E-state index contributed by atoms with van der Waals surface area (Å²) in [6.45, 7) is 0. The highest BCUT2D eigenvalue weighted by molar-refractivity contribution is 6.02. The quantitative estimate of drug-likeness (QED) is 0.789. The Kier molecular flexibility index (Phi) is 3.29. The van der Waals surface area contributed by atoms with Crippen LogP contribution in [0, 0.1) is 0 Å². The second kappa shape index (κ2) is 5.40. The molecular weight excluding hydrogens is 250 g/mol. The summed E-state index contributed by atoms with van der Waals surface area (Å²) < 4.78 is 1.68. The van der Waals surface area contributed by atoms with Crippen LogP contribution in [-0.4, -0.2) is 15.7 Å². The zero-order chi connectivity index (χ0) is 13.8. The molecule has 1 aromatic heterocycles. The summed E-state index contributed by atoms with van der Waals surface area (Å²) in [5, 5.41) is 7.09. The molecule has 4 nitrogen and oxygen atoms in total. The summed E-state index contributed by atoms with van der Waals surface area (Å²) in [5.41, 5.74) is 2.07. The molecule has 0 fully saturated rings. The number of nitrogens with one attached hydrogen (secondary N) is 1. The standard InChI is InChI=1S/C16H13N3O/c20-16(17-13-7-3-1-4-8-13)15-11-12-19(18-15)14-9-5-2-6-10-14/h1-12H,(H,17,20). The van der Waals surface area contributed by atoms with Crippen molar-refractivity contribution in [3.05, 3.63) is 78.6 Å². The van der Waals surface area contributed by atoms with Gasteiger partial charge in [-0.2, -0.15) is 5.10 Å². The fraction of sp³-hybridized carbons (Fsp3) is 0. The van der Waals surface area contributed by atoms with E-state index in [2.05, 4.69) is 10.4 Å². The Morgan fingerprint density at radius 1 is 0.900 bits per heavy atom. The summed E-state index contributed by atoms with van der Waals surface area (Å²) in [6.07, 6.45) is 1.77. The molecule has 0 saturated carbocycles. The number of aromatic nitrogens is 2. The van der Waals surface area contributed by atoms with Crippen molar-refractivity contribution in [2.45, 2.75) is 0 Å². The van der Waals surface area contributed by atoms with E-state index in [0.29, 0.717) is 5.69 Å². The van der Waals surface area contributed by atoms with Gasteiger partial charge < -0.3 is 5.32 Å². The van der Waals surface area contributed by atoms with Crippen LogP contribution in [0.1, 0.15) is 10.5 Å². The maximum absolute atomic E-state index is 12.1. The lowest BCUT2D eigenvalue weighted by Crippen LogP contribution is -2.13. The van der Waals surface area contributed by atoms with Crippen molar-refractivity contribution in [1.29, 1.82) is 0 Å². The molecule has 0 bridgehead atoms. The molecule has 0 atom stereocenters. The van der Waals surface area contributed by atoms with Crippen LogP contribution in [0.25, 0.3) is 5.69 Å². The van der Waals surface area contributed by atoms with Crippen LogP contribution < -0.4 is 5.32 Å². The Bertz CT molecular complexity index is 705. The van der Waals surface area contributed by atoms with E-state index in [1.807, 2.05) is 60.7 Å². The summed E-state index contributed by atoms with van der Waals surface area (Å²) >= 11 is 0. The fourth-order valence-electron chi connectivity index (χ4n) is 1.89. The third-order valence-corrected chi connectivity index (χ3v) is 2.87. The first kappa shape index (κ1) is 12.2. The van der Waals surface area contributed by atoms with Gasteiger partial charge in [0.1, 0.15) is 0 Å². The van der Waals surface area contributed by atoms with E-state index in [-0.39, 0.29) is 5.91 Å². The predicted molar refractivity (Wildman–Crippen MR) is 78.0 cm³/mol. The molecule has 3 rings (SSSR count). The van der Waals surface area contributed by atoms with Crippen molar-refractivity contribution >= 4 is 11.6 Å². The normalized spacial score (nSPS) is 10.2. The van der Waals surface area contributed by atoms with Gasteiger partial charge >= 0.3 is 0 Å². The zero-order valence-electron chi connectivity index (χ0n) is 10.7. The lowest BCUT2D eigenvalue weighted by molar-refractivity contribution is 0.102. The van der Waals surface area contributed by atoms with Crippen molar-refractivity contribution in [2.24, 2.45) is 0 Å². The minimum Gasteiger partial charge on any atom is -0.321 e. The number of amides is 1. The molecule has 0 aliphatic rings. The second-order valence-corrected chi connectivity index (χ2v) is 4.30. The minimum absolute atomic E-state index is 0.217. The first-order valence-corrected chi connectivity index (χ1v) is 6.30. The van der Waals surface area contributed by atoms with Crippen LogP contribution in [0.5, 0.6) is 0 Å². The maximum Gasteiger partial charge on any atom is 0.276 e. The monoisotopic (exact) mass is 263 g/mol. The number of carbonyl (C=O) groups excluding carboxylic acids is 1. The highest BCUT2D eigenvalue weighted by atomic mass is 16.1. The van der Waals surface area contributed by atoms with Gasteiger partial charge in [-0.15, -0.1) is 0 Å². The van der Waals surface area contributed by atoms with E-state index in [1.165, 1.54) is 0 Å². The molecule has 3 aromatic rings. The number of hydrogen-bond donors (Lipinski definition) is 1. The van der Waals surface area contributed by atoms with Gasteiger partial charge in [-0.3, -0.25) is 4.79 Å². The average molecular weight is 263 g/mol. The summed E-state index contributed by atoms with van der Waals surface area (Å²) in [7, 11) is 0. The molecule has 0 aliphatic heterocycles. The average Bonchev–Trinajstić information content (AvgIpc) is 2.99. The van der Waals surface area contributed by atoms with Crippen molar-refractivity contribution < 1.29 is 4.79 Å². The van der Waals surface area contributed by atoms with Crippen LogP contribution in [0.15, 0.2) is 72.9 Å². The topological polar surface area (TPSA) is 46.9 Å². The van der Waals surface area contributed by atoms with E-state index in [4.69, 9.17) is 0 Å². The molecule has 20 heavy (non-hydrogen) atoms. The lowest BCUT2D eigenvalue weighted by atomic mass is 10.3. The minimum atomic E-state index is -0.217. The van der Waals surface area contributed by atoms with Gasteiger partial charge in [0.25, 0.3) is 5.91 Å². The van der Waals surface area contributed by atoms with Gasteiger partial charge in [-0.1, -0.05) is 36.4 Å². The number of para-hydroxylation sites is 2. The molecule has 98 valence electrons. The number of nitrogens with zero attached hydrogens (tertiary/aromatic N) is 2. The molecule has 1 N–H and O–H groups in total. The molecule has 2 aromatic carbocycles. The van der Waals surface area contributed by atoms with Gasteiger partial charge in [0.05, 0.1) is 5.69 Å². The van der Waals surface area contributed by atoms with Crippen molar-refractivity contribution in [1.82, 2.24) is 9.78 Å². The Hall–Kier alpha value is -2.88. The van der Waals surface area contributed by atoms with Gasteiger partial charge in [-0.25, -0.2) is 4.68 Å². The molecular formula is C16H13N3O. The van der Waals surface area contributed by atoms with Crippen molar-refractivity contribution in [3.8, 4) is 5.69 Å². The zero-order valence-corrected chi connectivity index (χ0v) is 10.7. The maximum atomic E-state index is 12.1. The third kappa shape index (κ3) is 2.59. The van der Waals surface area contributed by atoms with Crippen molar-refractivity contribution in [3.63, 3.8) is 0 Å². The summed E-state index contributed by atoms with van der Waals surface area (Å²) in [4.78, 5) is 12.1. The van der Waals surface area contributed by atoms with Crippen LogP contribution in [0.4, 0.5) is 5.69 Å². The molecule has 1 heterocycles. The van der Waals surface area contributed by atoms with Crippen LogP contribution in [0.3, 0.4) is 0 Å². The highest BCUT2D eigenvalue weighted by Gasteiger charge is 2.10. The largest absolute Gasteiger partial charge is 0.321 e. The van der Waals surface area contributed by atoms with Gasteiger partial charge in [-0.05, 0) is 30.3 Å². The molecule has 0 unspecified atom stereocenters. The number of benzene rings is 2. The number of anilines is 1. The van der Waals surface area contributed by atoms with E-state index in [0.717, 1.165) is 11.4 Å². The second-order valence-electron chi connectivity index (χ2n) is 4.30. The Morgan fingerprint density at radius 2 is 1.55 bits per heavy atom. The van der Waals surface area contributed by atoms with Crippen LogP contribution in [-0.2, 0) is 0 Å². The van der Waals surface area contributed by atoms with Gasteiger partial charge in [0, 0.05) is 11.9 Å². The van der Waals surface area contributed by atoms with E-state index >= 15 is 0 Å². The van der Waals surface area contributed by atoms with Crippen LogP contribution in [0.2, 0.25) is 0 Å². The fourth-order valence-corrected chi connectivity index (χ4v) is 1.89. The van der Waals surface area contributed by atoms with E-state index in [1.54, 1.807) is 16.9 Å². The van der Waals surface area contributed by atoms with Crippen LogP contribution >= 0.6 is 0 Å². The molecule has 0 spiro atoms. The molecule has 1 amide bonds. The first-order chi connectivity index (χ1) is 9.83. The van der Waals surface area contributed by atoms with Crippen molar-refractivity contribution in [2.75, 3.05) is 5.32 Å². The smallest absolute Gasteiger partial charge is 0.276 e. The molecule has 0 saturated heterocycles. The molecule has 4 heteroatoms. The highest BCUT2D eigenvalue weighted by Crippen LogP contribution is 2.10. The van der Waals surface area contributed by atoms with Gasteiger partial charge in [0.2, 0.25) is 0 Å². The summed E-state index contributed by atoms with van der Waals surface area (Å²) in [6, 6.07) is 20.7. The van der Waals surface area contributed by atoms with E-state index < -0.39 is 0 Å². The Balaban J connectivity index is 1.79. The number of carbonyl (C=O) groups is 1. The first-order valence-electron chi connectivity index (χ1n) is 6.30. The predicted octanol–water partition coefficient (Wildman–Crippen LogP) is 3.12. The third-order valence-electron chi connectivity index (χ3n) is 2.87. The summed E-state index contributed by atoms with van der Waals surface area (Å²) in [5.74, 6) is -0.217. The number of rotatable bonds is 3. The molecule has 0 aliphatic carbocycles. The Labute approximate surface area is 116 Å². The van der Waals surface area contributed by atoms with E-state index in [9.17, 15) is 4.79 Å². The Morgan fingerprint density at radius 3 is 2.25 bits per heavy atom. The van der Waals surface area contributed by atoms with Gasteiger partial charge in [0.15, 0.2) is 5.69 Å². The lowest BCUT2D eigenvalue weighted by Gasteiger charge is -2.02. The molecule has 0 radical (unpaired) electrons. The SMILES string of the molecule is O=C(Nc1ccccc1)c1ccn(-c2ccccc2)n1. The number of hydrogen-bond acceptors (Lipinski definition) is 2.